The van der Waals surface area contributed by atoms with Gasteiger partial charge < -0.3 is 5.32 Å². The summed E-state index contributed by atoms with van der Waals surface area (Å²) < 4.78 is 1.81. The van der Waals surface area contributed by atoms with Gasteiger partial charge in [0.2, 0.25) is 0 Å². The molecular weight excluding hydrogens is 270 g/mol. The number of hydrogen-bond donors (Lipinski definition) is 1. The van der Waals surface area contributed by atoms with Crippen molar-refractivity contribution in [2.75, 3.05) is 5.32 Å². The number of hydrogen-bond acceptors (Lipinski definition) is 5. The molecule has 0 aliphatic heterocycles. The minimum atomic E-state index is -0.397. The Balaban J connectivity index is 2.06. The molecule has 0 saturated carbocycles. The molecule has 1 heterocycles. The van der Waals surface area contributed by atoms with Gasteiger partial charge in [0, 0.05) is 17.8 Å². The number of non-ortho nitro benzene ring substituents is 1. The minimum absolute atomic E-state index is 0.0942. The molecule has 0 bridgehead atoms. The summed E-state index contributed by atoms with van der Waals surface area (Å²) >= 11 is 0. The Morgan fingerprint density at radius 2 is 2.10 bits per heavy atom. The molecule has 0 aliphatic carbocycles. The maximum Gasteiger partial charge on any atom is 0.269 e. The van der Waals surface area contributed by atoms with E-state index in [1.807, 2.05) is 17.8 Å². The normalized spacial score (nSPS) is 11.4. The number of nitro groups is 1. The lowest BCUT2D eigenvalue weighted by Gasteiger charge is -2.17. The number of anilines is 1. The van der Waals surface area contributed by atoms with Gasteiger partial charge in [-0.05, 0) is 39.3 Å². The Labute approximate surface area is 123 Å². The first kappa shape index (κ1) is 15.0. The van der Waals surface area contributed by atoms with E-state index in [2.05, 4.69) is 36.4 Å². The molecule has 0 radical (unpaired) electrons. The number of nitrogens with zero attached hydrogens (tertiary/aromatic N) is 4. The van der Waals surface area contributed by atoms with E-state index in [1.165, 1.54) is 6.07 Å². The fraction of sp³-hybridized carbons (Fsp3) is 0.429. The zero-order valence-electron chi connectivity index (χ0n) is 12.6. The average molecular weight is 289 g/mol. The van der Waals surface area contributed by atoms with Crippen LogP contribution in [-0.4, -0.2) is 19.9 Å². The molecule has 0 amide bonds. The van der Waals surface area contributed by atoms with Crippen LogP contribution in [0.5, 0.6) is 0 Å². The molecule has 0 atom stereocenters. The highest BCUT2D eigenvalue weighted by Gasteiger charge is 2.15. The van der Waals surface area contributed by atoms with Crippen LogP contribution in [0.2, 0.25) is 0 Å². The predicted octanol–water partition coefficient (Wildman–Crippen LogP) is 2.86. The number of benzene rings is 1. The molecule has 0 saturated heterocycles. The van der Waals surface area contributed by atoms with Gasteiger partial charge in [0.15, 0.2) is 0 Å². The van der Waals surface area contributed by atoms with Gasteiger partial charge in [-0.2, -0.15) is 0 Å². The summed E-state index contributed by atoms with van der Waals surface area (Å²) in [6, 6.07) is 4.75. The summed E-state index contributed by atoms with van der Waals surface area (Å²) in [5, 5.41) is 22.1. The predicted molar refractivity (Wildman–Crippen MR) is 80.2 cm³/mol. The zero-order chi connectivity index (χ0) is 15.6. The van der Waals surface area contributed by atoms with Crippen LogP contribution in [0.15, 0.2) is 24.4 Å². The smallest absolute Gasteiger partial charge is 0.269 e. The third-order valence-corrected chi connectivity index (χ3v) is 3.11. The fourth-order valence-electron chi connectivity index (χ4n) is 1.85. The van der Waals surface area contributed by atoms with Crippen molar-refractivity contribution in [3.05, 3.63) is 45.8 Å². The molecule has 0 spiro atoms. The van der Waals surface area contributed by atoms with Crippen molar-refractivity contribution in [3.8, 4) is 0 Å². The summed E-state index contributed by atoms with van der Waals surface area (Å²) in [5.41, 5.74) is 2.49. The van der Waals surface area contributed by atoms with Crippen LogP contribution in [0.1, 0.15) is 32.0 Å². The average Bonchev–Trinajstić information content (AvgIpc) is 2.85. The maximum absolute atomic E-state index is 10.7. The lowest BCUT2D eigenvalue weighted by molar-refractivity contribution is -0.384. The quantitative estimate of drug-likeness (QED) is 0.691. The summed E-state index contributed by atoms with van der Waals surface area (Å²) in [4.78, 5) is 10.3. The van der Waals surface area contributed by atoms with Crippen LogP contribution in [0.3, 0.4) is 0 Å². The molecule has 2 rings (SSSR count). The van der Waals surface area contributed by atoms with Crippen molar-refractivity contribution in [3.63, 3.8) is 0 Å². The van der Waals surface area contributed by atoms with Gasteiger partial charge in [-0.3, -0.25) is 10.1 Å². The van der Waals surface area contributed by atoms with Gasteiger partial charge >= 0.3 is 0 Å². The van der Waals surface area contributed by atoms with Crippen LogP contribution in [0, 0.1) is 17.0 Å². The molecule has 21 heavy (non-hydrogen) atoms. The fourth-order valence-corrected chi connectivity index (χ4v) is 1.85. The Morgan fingerprint density at radius 3 is 2.62 bits per heavy atom. The van der Waals surface area contributed by atoms with Crippen molar-refractivity contribution in [2.45, 2.75) is 39.8 Å². The van der Waals surface area contributed by atoms with Crippen LogP contribution in [0.4, 0.5) is 11.4 Å². The number of aromatic nitrogens is 3. The third kappa shape index (κ3) is 3.56. The van der Waals surface area contributed by atoms with Crippen molar-refractivity contribution in [1.82, 2.24) is 15.0 Å². The van der Waals surface area contributed by atoms with Crippen LogP contribution in [-0.2, 0) is 12.1 Å². The Kier molecular flexibility index (Phi) is 3.93. The molecule has 2 aromatic rings. The highest BCUT2D eigenvalue weighted by Crippen LogP contribution is 2.21. The number of rotatable bonds is 4. The monoisotopic (exact) mass is 289 g/mol. The van der Waals surface area contributed by atoms with Crippen molar-refractivity contribution < 1.29 is 4.92 Å². The van der Waals surface area contributed by atoms with Crippen LogP contribution >= 0.6 is 0 Å². The van der Waals surface area contributed by atoms with Crippen LogP contribution < -0.4 is 5.32 Å². The van der Waals surface area contributed by atoms with E-state index in [0.717, 1.165) is 16.9 Å². The third-order valence-electron chi connectivity index (χ3n) is 3.11. The first-order valence-corrected chi connectivity index (χ1v) is 6.68. The van der Waals surface area contributed by atoms with E-state index in [-0.39, 0.29) is 11.2 Å². The Bertz CT molecular complexity index is 658. The molecule has 1 N–H and O–H groups in total. The summed E-state index contributed by atoms with van der Waals surface area (Å²) in [6.45, 7) is 8.52. The lowest BCUT2D eigenvalue weighted by Crippen LogP contribution is -2.22. The van der Waals surface area contributed by atoms with E-state index in [1.54, 1.807) is 12.1 Å². The topological polar surface area (TPSA) is 85.9 Å². The summed E-state index contributed by atoms with van der Waals surface area (Å²) in [6.07, 6.45) is 1.90. The van der Waals surface area contributed by atoms with Gasteiger partial charge in [0.05, 0.1) is 23.2 Å². The highest BCUT2D eigenvalue weighted by atomic mass is 16.6. The maximum atomic E-state index is 10.7. The van der Waals surface area contributed by atoms with Crippen LogP contribution in [0.25, 0.3) is 0 Å². The Hall–Kier alpha value is -2.44. The molecule has 7 heteroatoms. The van der Waals surface area contributed by atoms with E-state index >= 15 is 0 Å². The first-order chi connectivity index (χ1) is 9.77. The molecule has 0 unspecified atom stereocenters. The SMILES string of the molecule is Cc1cc([N+](=O)[O-])ccc1NCc1cn(C(C)(C)C)nn1. The number of nitrogens with one attached hydrogen (secondary N) is 1. The number of aryl methyl sites for hydroxylation is 1. The molecular formula is C14H19N5O2. The number of nitro benzene ring substituents is 1. The standard InChI is InChI=1S/C14H19N5O2/c1-10-7-12(19(20)21)5-6-13(10)15-8-11-9-18(17-16-11)14(2,3)4/h5-7,9,15H,8H2,1-4H3. The van der Waals surface area contributed by atoms with Gasteiger partial charge in [0.25, 0.3) is 5.69 Å². The highest BCUT2D eigenvalue weighted by molar-refractivity contribution is 5.55. The largest absolute Gasteiger partial charge is 0.379 e. The second-order valence-corrected chi connectivity index (χ2v) is 5.94. The summed E-state index contributed by atoms with van der Waals surface area (Å²) in [5.74, 6) is 0. The molecule has 1 aromatic heterocycles. The van der Waals surface area contributed by atoms with Crippen molar-refractivity contribution >= 4 is 11.4 Å². The van der Waals surface area contributed by atoms with Gasteiger partial charge in [-0.25, -0.2) is 4.68 Å². The minimum Gasteiger partial charge on any atom is -0.379 e. The zero-order valence-corrected chi connectivity index (χ0v) is 12.6. The van der Waals surface area contributed by atoms with Gasteiger partial charge in [-0.1, -0.05) is 5.21 Å². The van der Waals surface area contributed by atoms with Crippen molar-refractivity contribution in [2.24, 2.45) is 0 Å². The second-order valence-electron chi connectivity index (χ2n) is 5.94. The molecule has 0 aliphatic rings. The lowest BCUT2D eigenvalue weighted by atomic mass is 10.1. The van der Waals surface area contributed by atoms with Gasteiger partial charge in [0.1, 0.15) is 5.69 Å². The first-order valence-electron chi connectivity index (χ1n) is 6.68. The second kappa shape index (κ2) is 5.51. The van der Waals surface area contributed by atoms with E-state index < -0.39 is 4.92 Å². The Morgan fingerprint density at radius 1 is 1.38 bits per heavy atom. The van der Waals surface area contributed by atoms with E-state index in [9.17, 15) is 10.1 Å². The molecule has 1 aromatic carbocycles. The van der Waals surface area contributed by atoms with E-state index in [0.29, 0.717) is 6.54 Å². The van der Waals surface area contributed by atoms with Gasteiger partial charge in [-0.15, -0.1) is 5.10 Å². The molecule has 7 nitrogen and oxygen atoms in total. The van der Waals surface area contributed by atoms with Crippen molar-refractivity contribution in [1.29, 1.82) is 0 Å². The molecule has 0 fully saturated rings. The van der Waals surface area contributed by atoms with E-state index in [4.69, 9.17) is 0 Å². The summed E-state index contributed by atoms with van der Waals surface area (Å²) in [7, 11) is 0. The molecule has 112 valence electrons.